The molecule has 0 aliphatic rings. The zero-order chi connectivity index (χ0) is 15.5. The Bertz CT molecular complexity index is 611. The van der Waals surface area contributed by atoms with Crippen LogP contribution in [-0.2, 0) is 23.3 Å². The third-order valence-corrected chi connectivity index (χ3v) is 3.16. The molecule has 0 fully saturated rings. The van der Waals surface area contributed by atoms with Crippen LogP contribution in [0, 0.1) is 0 Å². The van der Waals surface area contributed by atoms with Crippen molar-refractivity contribution in [3.63, 3.8) is 0 Å². The highest BCUT2D eigenvalue weighted by Gasteiger charge is 2.13. The number of nitrogens with one attached hydrogen (secondary N) is 1. The molecular formula is C14H20N6O. The van der Waals surface area contributed by atoms with Gasteiger partial charge in [-0.3, -0.25) is 4.79 Å². The molecule has 0 atom stereocenters. The molecule has 1 amide bonds. The number of nitrogen functional groups attached to an aromatic ring is 1. The molecule has 0 saturated heterocycles. The van der Waals surface area contributed by atoms with E-state index in [0.717, 1.165) is 5.56 Å². The van der Waals surface area contributed by atoms with Gasteiger partial charge in [0.1, 0.15) is 6.54 Å². The number of nitrogens with zero attached hydrogens (tertiary/aromatic N) is 4. The van der Waals surface area contributed by atoms with Gasteiger partial charge in [0.2, 0.25) is 11.9 Å². The Balaban J connectivity index is 1.88. The average Bonchev–Trinajstić information content (AvgIpc) is 2.81. The Morgan fingerprint density at radius 1 is 1.29 bits per heavy atom. The van der Waals surface area contributed by atoms with Crippen LogP contribution >= 0.6 is 0 Å². The van der Waals surface area contributed by atoms with Crippen molar-refractivity contribution in [2.75, 3.05) is 5.73 Å². The number of hydrogen-bond donors (Lipinski definition) is 2. The predicted octanol–water partition coefficient (Wildman–Crippen LogP) is 0.869. The maximum atomic E-state index is 11.8. The molecule has 0 radical (unpaired) electrons. The Morgan fingerprint density at radius 2 is 1.95 bits per heavy atom. The Kier molecular flexibility index (Phi) is 4.21. The Labute approximate surface area is 123 Å². The monoisotopic (exact) mass is 288 g/mol. The topological polar surface area (TPSA) is 98.7 Å². The largest absolute Gasteiger partial charge is 0.367 e. The molecule has 2 aromatic rings. The quantitative estimate of drug-likeness (QED) is 0.869. The van der Waals surface area contributed by atoms with Crippen LogP contribution in [0.4, 0.5) is 5.95 Å². The molecule has 0 bridgehead atoms. The van der Waals surface area contributed by atoms with Crippen LogP contribution in [0.2, 0.25) is 0 Å². The van der Waals surface area contributed by atoms with E-state index in [-0.39, 0.29) is 23.8 Å². The minimum atomic E-state index is -0.186. The van der Waals surface area contributed by atoms with Crippen LogP contribution in [0.5, 0.6) is 0 Å². The second-order valence-electron chi connectivity index (χ2n) is 5.92. The SMILES string of the molecule is CC(C)(C)c1ccc(CNC(=O)Cn2nnnc2N)cc1. The standard InChI is InChI=1S/C14H20N6O/c1-14(2,3)11-6-4-10(5-7-11)8-16-12(21)9-20-13(15)17-18-19-20/h4-7H,8-9H2,1-3H3,(H,16,21)(H2,15,17,19). The third kappa shape index (κ3) is 4.01. The van der Waals surface area contributed by atoms with Gasteiger partial charge in [0.15, 0.2) is 0 Å². The number of benzene rings is 1. The zero-order valence-electron chi connectivity index (χ0n) is 12.5. The summed E-state index contributed by atoms with van der Waals surface area (Å²) in [6, 6.07) is 8.21. The lowest BCUT2D eigenvalue weighted by Crippen LogP contribution is -2.28. The predicted molar refractivity (Wildman–Crippen MR) is 79.2 cm³/mol. The molecule has 112 valence electrons. The number of anilines is 1. The summed E-state index contributed by atoms with van der Waals surface area (Å²) >= 11 is 0. The minimum Gasteiger partial charge on any atom is -0.367 e. The first-order valence-electron chi connectivity index (χ1n) is 6.74. The summed E-state index contributed by atoms with van der Waals surface area (Å²) in [5.74, 6) is -0.0615. The van der Waals surface area contributed by atoms with E-state index in [9.17, 15) is 4.79 Å². The summed E-state index contributed by atoms with van der Waals surface area (Å²) in [5, 5.41) is 13.3. The highest BCUT2D eigenvalue weighted by molar-refractivity contribution is 5.75. The maximum absolute atomic E-state index is 11.8. The lowest BCUT2D eigenvalue weighted by molar-refractivity contribution is -0.122. The fraction of sp³-hybridized carbons (Fsp3) is 0.429. The van der Waals surface area contributed by atoms with Crippen molar-refractivity contribution in [3.05, 3.63) is 35.4 Å². The Morgan fingerprint density at radius 3 is 2.48 bits per heavy atom. The van der Waals surface area contributed by atoms with Crippen molar-refractivity contribution in [2.24, 2.45) is 0 Å². The molecule has 2 rings (SSSR count). The van der Waals surface area contributed by atoms with E-state index in [2.05, 4.69) is 53.7 Å². The fourth-order valence-corrected chi connectivity index (χ4v) is 1.84. The zero-order valence-corrected chi connectivity index (χ0v) is 12.5. The first-order chi connectivity index (χ1) is 9.86. The number of hydrogen-bond acceptors (Lipinski definition) is 5. The number of rotatable bonds is 4. The Hall–Kier alpha value is -2.44. The fourth-order valence-electron chi connectivity index (χ4n) is 1.84. The molecule has 3 N–H and O–H groups in total. The number of tetrazole rings is 1. The summed E-state index contributed by atoms with van der Waals surface area (Å²) in [5.41, 5.74) is 7.93. The van der Waals surface area contributed by atoms with Gasteiger partial charge in [-0.05, 0) is 27.0 Å². The van der Waals surface area contributed by atoms with Gasteiger partial charge in [0.05, 0.1) is 0 Å². The van der Waals surface area contributed by atoms with Crippen LogP contribution in [0.25, 0.3) is 0 Å². The second-order valence-corrected chi connectivity index (χ2v) is 5.92. The lowest BCUT2D eigenvalue weighted by Gasteiger charge is -2.19. The molecule has 0 aliphatic carbocycles. The third-order valence-electron chi connectivity index (χ3n) is 3.16. The van der Waals surface area contributed by atoms with Crippen LogP contribution in [0.3, 0.4) is 0 Å². The molecule has 0 unspecified atom stereocenters. The number of carbonyl (C=O) groups excluding carboxylic acids is 1. The maximum Gasteiger partial charge on any atom is 0.242 e. The highest BCUT2D eigenvalue weighted by atomic mass is 16.2. The number of amides is 1. The molecule has 1 heterocycles. The summed E-state index contributed by atoms with van der Waals surface area (Å²) in [6.45, 7) is 6.98. The highest BCUT2D eigenvalue weighted by Crippen LogP contribution is 2.22. The normalized spacial score (nSPS) is 11.4. The first-order valence-corrected chi connectivity index (χ1v) is 6.74. The van der Waals surface area contributed by atoms with E-state index in [1.807, 2.05) is 12.1 Å². The van der Waals surface area contributed by atoms with Gasteiger partial charge in [0.25, 0.3) is 0 Å². The van der Waals surface area contributed by atoms with Crippen LogP contribution in [-0.4, -0.2) is 26.1 Å². The van der Waals surface area contributed by atoms with E-state index < -0.39 is 0 Å². The molecule has 21 heavy (non-hydrogen) atoms. The van der Waals surface area contributed by atoms with Crippen LogP contribution in [0.15, 0.2) is 24.3 Å². The molecule has 0 saturated carbocycles. The van der Waals surface area contributed by atoms with Gasteiger partial charge in [-0.1, -0.05) is 50.1 Å². The summed E-state index contributed by atoms with van der Waals surface area (Å²) < 4.78 is 1.25. The van der Waals surface area contributed by atoms with Crippen molar-refractivity contribution in [3.8, 4) is 0 Å². The molecular weight excluding hydrogens is 268 g/mol. The smallest absolute Gasteiger partial charge is 0.242 e. The van der Waals surface area contributed by atoms with Gasteiger partial charge in [-0.15, -0.1) is 0 Å². The summed E-state index contributed by atoms with van der Waals surface area (Å²) in [6.07, 6.45) is 0. The average molecular weight is 288 g/mol. The number of nitrogens with two attached hydrogens (primary N) is 1. The molecule has 0 spiro atoms. The van der Waals surface area contributed by atoms with E-state index in [4.69, 9.17) is 5.73 Å². The molecule has 0 aliphatic heterocycles. The summed E-state index contributed by atoms with van der Waals surface area (Å²) in [4.78, 5) is 11.8. The van der Waals surface area contributed by atoms with Gasteiger partial charge in [0, 0.05) is 6.54 Å². The van der Waals surface area contributed by atoms with Gasteiger partial charge in [-0.25, -0.2) is 4.68 Å². The van der Waals surface area contributed by atoms with Crippen molar-refractivity contribution < 1.29 is 4.79 Å². The number of carbonyl (C=O) groups is 1. The first kappa shape index (κ1) is 15.0. The van der Waals surface area contributed by atoms with E-state index in [1.54, 1.807) is 0 Å². The molecule has 1 aromatic carbocycles. The van der Waals surface area contributed by atoms with Crippen molar-refractivity contribution in [1.82, 2.24) is 25.5 Å². The van der Waals surface area contributed by atoms with Crippen molar-refractivity contribution >= 4 is 11.9 Å². The minimum absolute atomic E-state index is 0.0128. The van der Waals surface area contributed by atoms with Crippen LogP contribution < -0.4 is 11.1 Å². The number of aromatic nitrogens is 4. The van der Waals surface area contributed by atoms with Gasteiger partial charge in [-0.2, -0.15) is 0 Å². The lowest BCUT2D eigenvalue weighted by atomic mass is 9.87. The van der Waals surface area contributed by atoms with Crippen molar-refractivity contribution in [1.29, 1.82) is 0 Å². The van der Waals surface area contributed by atoms with E-state index in [0.29, 0.717) is 6.54 Å². The second kappa shape index (κ2) is 5.90. The van der Waals surface area contributed by atoms with E-state index in [1.165, 1.54) is 10.2 Å². The molecule has 7 nitrogen and oxygen atoms in total. The molecule has 7 heteroatoms. The van der Waals surface area contributed by atoms with Crippen LogP contribution in [0.1, 0.15) is 31.9 Å². The van der Waals surface area contributed by atoms with E-state index >= 15 is 0 Å². The summed E-state index contributed by atoms with van der Waals surface area (Å²) in [7, 11) is 0. The van der Waals surface area contributed by atoms with Crippen molar-refractivity contribution in [2.45, 2.75) is 39.3 Å². The molecule has 1 aromatic heterocycles. The van der Waals surface area contributed by atoms with Gasteiger partial charge < -0.3 is 11.1 Å². The van der Waals surface area contributed by atoms with Gasteiger partial charge >= 0.3 is 0 Å².